The molecule has 0 saturated carbocycles. The zero-order chi connectivity index (χ0) is 14.4. The fraction of sp³-hybridized carbons (Fsp3) is 0.0556. The Hall–Kier alpha value is -2.79. The fourth-order valence-electron chi connectivity index (χ4n) is 1.75. The highest BCUT2D eigenvalue weighted by Gasteiger charge is 2.15. The Labute approximate surface area is 118 Å². The van der Waals surface area contributed by atoms with E-state index < -0.39 is 12.1 Å². The molecule has 0 aliphatic carbocycles. The van der Waals surface area contributed by atoms with Crippen LogP contribution in [0.2, 0.25) is 0 Å². The first-order valence-electron chi connectivity index (χ1n) is 6.19. The highest BCUT2D eigenvalue weighted by atomic mass is 16.5. The largest absolute Gasteiger partial charge is 0.441 e. The van der Waals surface area contributed by atoms with E-state index in [4.69, 9.17) is 11.2 Å². The molecule has 1 atom stereocenters. The lowest BCUT2D eigenvalue weighted by atomic mass is 10.1. The van der Waals surface area contributed by atoms with Crippen LogP contribution < -0.4 is 0 Å². The Morgan fingerprint density at radius 3 is 2.35 bits per heavy atom. The van der Waals surface area contributed by atoms with Gasteiger partial charge < -0.3 is 4.74 Å². The van der Waals surface area contributed by atoms with Gasteiger partial charge in [-0.05, 0) is 17.7 Å². The highest BCUT2D eigenvalue weighted by Crippen LogP contribution is 2.19. The van der Waals surface area contributed by atoms with E-state index >= 15 is 0 Å². The van der Waals surface area contributed by atoms with Gasteiger partial charge in [0.05, 0.1) is 5.56 Å². The standard InChI is InChI=1S/C18H14O2/c1-3-14-10-12-15(13-11-14)17(4-2)20-18(19)16-8-6-5-7-9-16/h2-3,5-13,17H,1H2. The molecule has 0 aliphatic heterocycles. The Bertz CT molecular complexity index is 633. The van der Waals surface area contributed by atoms with Gasteiger partial charge in [-0.15, -0.1) is 6.42 Å². The van der Waals surface area contributed by atoms with Crippen molar-refractivity contribution >= 4 is 12.0 Å². The average Bonchev–Trinajstić information content (AvgIpc) is 2.53. The van der Waals surface area contributed by atoms with Crippen LogP contribution in [-0.4, -0.2) is 5.97 Å². The number of benzene rings is 2. The van der Waals surface area contributed by atoms with Crippen molar-refractivity contribution in [2.75, 3.05) is 0 Å². The van der Waals surface area contributed by atoms with Gasteiger partial charge in [0.1, 0.15) is 0 Å². The van der Waals surface area contributed by atoms with Crippen LogP contribution >= 0.6 is 0 Å². The summed E-state index contributed by atoms with van der Waals surface area (Å²) in [5.74, 6) is 2.06. The van der Waals surface area contributed by atoms with Gasteiger partial charge in [-0.2, -0.15) is 0 Å². The van der Waals surface area contributed by atoms with Crippen molar-refractivity contribution in [1.82, 2.24) is 0 Å². The Kier molecular flexibility index (Phi) is 4.36. The van der Waals surface area contributed by atoms with Crippen molar-refractivity contribution in [2.24, 2.45) is 0 Å². The van der Waals surface area contributed by atoms with E-state index in [9.17, 15) is 4.79 Å². The fourth-order valence-corrected chi connectivity index (χ4v) is 1.75. The number of esters is 1. The molecule has 0 amide bonds. The molecule has 2 rings (SSSR count). The van der Waals surface area contributed by atoms with Crippen LogP contribution in [0.5, 0.6) is 0 Å². The van der Waals surface area contributed by atoms with Gasteiger partial charge in [0, 0.05) is 5.56 Å². The molecule has 2 aromatic carbocycles. The van der Waals surface area contributed by atoms with Gasteiger partial charge in [-0.1, -0.05) is 61.0 Å². The molecule has 0 aliphatic rings. The van der Waals surface area contributed by atoms with Gasteiger partial charge in [0.2, 0.25) is 0 Å². The van der Waals surface area contributed by atoms with Crippen LogP contribution in [0.15, 0.2) is 61.2 Å². The SMILES string of the molecule is C#CC(OC(=O)c1ccccc1)c1ccc(C=C)cc1. The smallest absolute Gasteiger partial charge is 0.339 e. The summed E-state index contributed by atoms with van der Waals surface area (Å²) in [5, 5.41) is 0. The van der Waals surface area contributed by atoms with Gasteiger partial charge in [0.25, 0.3) is 0 Å². The van der Waals surface area contributed by atoms with Gasteiger partial charge in [-0.3, -0.25) is 0 Å². The van der Waals surface area contributed by atoms with Crippen LogP contribution in [0.3, 0.4) is 0 Å². The summed E-state index contributed by atoms with van der Waals surface area (Å²) in [6, 6.07) is 16.2. The minimum Gasteiger partial charge on any atom is -0.441 e. The second-order valence-corrected chi connectivity index (χ2v) is 4.19. The molecule has 0 N–H and O–H groups in total. The van der Waals surface area contributed by atoms with Crippen molar-refractivity contribution in [2.45, 2.75) is 6.10 Å². The number of ether oxygens (including phenoxy) is 1. The molecule has 0 bridgehead atoms. The number of carbonyl (C=O) groups excluding carboxylic acids is 1. The first kappa shape index (κ1) is 13.6. The third kappa shape index (κ3) is 3.15. The molecule has 2 aromatic rings. The summed E-state index contributed by atoms with van der Waals surface area (Å²) in [6.07, 6.45) is 6.50. The number of rotatable bonds is 4. The van der Waals surface area contributed by atoms with E-state index in [-0.39, 0.29) is 0 Å². The molecule has 0 fully saturated rings. The lowest BCUT2D eigenvalue weighted by molar-refractivity contribution is 0.0408. The van der Waals surface area contributed by atoms with E-state index in [0.717, 1.165) is 11.1 Å². The summed E-state index contributed by atoms with van der Waals surface area (Å²) < 4.78 is 5.34. The number of hydrogen-bond donors (Lipinski definition) is 0. The minimum absolute atomic E-state index is 0.429. The molecular formula is C18H14O2. The summed E-state index contributed by atoms with van der Waals surface area (Å²) in [6.45, 7) is 3.69. The van der Waals surface area contributed by atoms with Crippen molar-refractivity contribution in [3.05, 3.63) is 77.9 Å². The van der Waals surface area contributed by atoms with E-state index in [1.807, 2.05) is 30.3 Å². The molecule has 0 aromatic heterocycles. The zero-order valence-electron chi connectivity index (χ0n) is 11.0. The normalized spacial score (nSPS) is 11.2. The van der Waals surface area contributed by atoms with E-state index in [2.05, 4.69) is 12.5 Å². The molecule has 0 spiro atoms. The summed E-state index contributed by atoms with van der Waals surface area (Å²) >= 11 is 0. The van der Waals surface area contributed by atoms with Gasteiger partial charge in [0.15, 0.2) is 6.10 Å². The number of carbonyl (C=O) groups is 1. The van der Waals surface area contributed by atoms with Crippen molar-refractivity contribution in [3.8, 4) is 12.3 Å². The van der Waals surface area contributed by atoms with Crippen LogP contribution in [0.4, 0.5) is 0 Å². The molecule has 0 radical (unpaired) electrons. The minimum atomic E-state index is -0.693. The lowest BCUT2D eigenvalue weighted by Gasteiger charge is -2.13. The van der Waals surface area contributed by atoms with Gasteiger partial charge >= 0.3 is 5.97 Å². The van der Waals surface area contributed by atoms with Crippen molar-refractivity contribution in [1.29, 1.82) is 0 Å². The molecule has 2 heteroatoms. The Morgan fingerprint density at radius 2 is 1.80 bits per heavy atom. The van der Waals surface area contributed by atoms with Crippen molar-refractivity contribution in [3.63, 3.8) is 0 Å². The topological polar surface area (TPSA) is 26.3 Å². The number of hydrogen-bond acceptors (Lipinski definition) is 2. The van der Waals surface area contributed by atoms with Crippen LogP contribution in [0, 0.1) is 12.3 Å². The molecular weight excluding hydrogens is 248 g/mol. The quantitative estimate of drug-likeness (QED) is 0.617. The van der Waals surface area contributed by atoms with Crippen LogP contribution in [0.25, 0.3) is 6.08 Å². The molecule has 1 unspecified atom stereocenters. The van der Waals surface area contributed by atoms with Crippen LogP contribution in [-0.2, 0) is 4.74 Å². The molecule has 0 saturated heterocycles. The third-order valence-corrected chi connectivity index (χ3v) is 2.86. The van der Waals surface area contributed by atoms with Crippen molar-refractivity contribution < 1.29 is 9.53 Å². The summed E-state index contributed by atoms with van der Waals surface area (Å²) in [4.78, 5) is 12.0. The predicted octanol–water partition coefficient (Wildman–Crippen LogP) is 3.86. The first-order chi connectivity index (χ1) is 9.74. The zero-order valence-corrected chi connectivity index (χ0v) is 11.0. The lowest BCUT2D eigenvalue weighted by Crippen LogP contribution is -2.10. The summed E-state index contributed by atoms with van der Waals surface area (Å²) in [7, 11) is 0. The Balaban J connectivity index is 2.15. The molecule has 0 heterocycles. The van der Waals surface area contributed by atoms with E-state index in [1.165, 1.54) is 0 Å². The third-order valence-electron chi connectivity index (χ3n) is 2.86. The maximum absolute atomic E-state index is 12.0. The predicted molar refractivity (Wildman–Crippen MR) is 80.0 cm³/mol. The number of terminal acetylenes is 1. The summed E-state index contributed by atoms with van der Waals surface area (Å²) in [5.41, 5.74) is 2.23. The first-order valence-corrected chi connectivity index (χ1v) is 6.19. The second-order valence-electron chi connectivity index (χ2n) is 4.19. The second kappa shape index (κ2) is 6.40. The molecule has 2 nitrogen and oxygen atoms in total. The average molecular weight is 262 g/mol. The molecule has 98 valence electrons. The van der Waals surface area contributed by atoms with Crippen LogP contribution in [0.1, 0.15) is 27.6 Å². The maximum atomic E-state index is 12.0. The van der Waals surface area contributed by atoms with E-state index in [0.29, 0.717) is 5.56 Å². The van der Waals surface area contributed by atoms with Gasteiger partial charge in [-0.25, -0.2) is 4.79 Å². The Morgan fingerprint density at radius 1 is 1.15 bits per heavy atom. The monoisotopic (exact) mass is 262 g/mol. The van der Waals surface area contributed by atoms with E-state index in [1.54, 1.807) is 30.3 Å². The maximum Gasteiger partial charge on any atom is 0.339 e. The highest BCUT2D eigenvalue weighted by molar-refractivity contribution is 5.89. The molecule has 20 heavy (non-hydrogen) atoms.